The monoisotopic (exact) mass is 479 g/mol. The van der Waals surface area contributed by atoms with E-state index in [9.17, 15) is 9.59 Å². The van der Waals surface area contributed by atoms with Gasteiger partial charge in [-0.3, -0.25) is 9.59 Å². The minimum atomic E-state index is -1.02. The van der Waals surface area contributed by atoms with Crippen LogP contribution >= 0.6 is 11.8 Å². The van der Waals surface area contributed by atoms with Gasteiger partial charge in [0.1, 0.15) is 11.2 Å². The number of nitrogens with zero attached hydrogens (tertiary/aromatic N) is 2. The number of fused-ring (bicyclic) bond motifs is 3. The van der Waals surface area contributed by atoms with Crippen LogP contribution in [0.3, 0.4) is 0 Å². The Bertz CT molecular complexity index is 1170. The third-order valence-corrected chi connectivity index (χ3v) is 7.13. The molecule has 1 atom stereocenters. The van der Waals surface area contributed by atoms with Gasteiger partial charge in [-0.05, 0) is 63.3 Å². The molecule has 0 spiro atoms. The summed E-state index contributed by atoms with van der Waals surface area (Å²) in [6.45, 7) is 7.73. The van der Waals surface area contributed by atoms with Gasteiger partial charge < -0.3 is 19.5 Å². The first-order valence-electron chi connectivity index (χ1n) is 11.8. The van der Waals surface area contributed by atoms with Crippen molar-refractivity contribution in [3.8, 4) is 0 Å². The van der Waals surface area contributed by atoms with Crippen molar-refractivity contribution in [1.29, 1.82) is 0 Å². The van der Waals surface area contributed by atoms with Gasteiger partial charge >= 0.3 is 0 Å². The highest BCUT2D eigenvalue weighted by Crippen LogP contribution is 2.33. The largest absolute Gasteiger partial charge is 0.379 e. The summed E-state index contributed by atoms with van der Waals surface area (Å²) in [4.78, 5) is 30.3. The van der Waals surface area contributed by atoms with E-state index in [-0.39, 0.29) is 17.9 Å². The summed E-state index contributed by atoms with van der Waals surface area (Å²) in [6, 6.07) is 18.0. The first kappa shape index (κ1) is 24.4. The van der Waals surface area contributed by atoms with Crippen LogP contribution in [0, 0.1) is 0 Å². The van der Waals surface area contributed by atoms with Crippen LogP contribution in [0.2, 0.25) is 0 Å². The lowest BCUT2D eigenvalue weighted by atomic mass is 9.93. The molecule has 2 amide bonds. The molecule has 1 aliphatic heterocycles. The highest BCUT2D eigenvalue weighted by atomic mass is 32.2. The summed E-state index contributed by atoms with van der Waals surface area (Å²) in [5, 5.41) is 4.07. The van der Waals surface area contributed by atoms with Crippen molar-refractivity contribution in [3.05, 3.63) is 65.9 Å². The SMILES string of the molecule is CSc1ccc(CN2C(=O)c3cc4ccccc4n3CC2(C)C(=O)NCCCOC(C)C)cc1. The van der Waals surface area contributed by atoms with E-state index in [4.69, 9.17) is 4.74 Å². The van der Waals surface area contributed by atoms with Gasteiger partial charge in [0.05, 0.1) is 12.6 Å². The zero-order chi connectivity index (χ0) is 24.3. The maximum atomic E-state index is 13.8. The number of para-hydroxylation sites is 1. The molecule has 2 aromatic carbocycles. The van der Waals surface area contributed by atoms with E-state index in [1.165, 1.54) is 0 Å². The molecule has 1 aliphatic rings. The van der Waals surface area contributed by atoms with Crippen molar-refractivity contribution in [2.45, 2.75) is 56.8 Å². The van der Waals surface area contributed by atoms with Crippen LogP contribution in [-0.4, -0.2) is 52.3 Å². The molecule has 6 nitrogen and oxygen atoms in total. The standard InChI is InChI=1S/C27H33N3O3S/c1-19(2)33-15-7-14-28-26(32)27(3)18-29-23-9-6-5-8-21(23)16-24(29)25(31)30(27)17-20-10-12-22(34-4)13-11-20/h5-6,8-13,16,19H,7,14-15,17-18H2,1-4H3,(H,28,32). The van der Waals surface area contributed by atoms with Crippen molar-refractivity contribution in [3.63, 3.8) is 0 Å². The van der Waals surface area contributed by atoms with Gasteiger partial charge in [-0.1, -0.05) is 30.3 Å². The van der Waals surface area contributed by atoms with E-state index < -0.39 is 5.54 Å². The maximum Gasteiger partial charge on any atom is 0.271 e. The van der Waals surface area contributed by atoms with Crippen molar-refractivity contribution >= 4 is 34.5 Å². The number of nitrogens with one attached hydrogen (secondary N) is 1. The van der Waals surface area contributed by atoms with Crippen LogP contribution < -0.4 is 5.32 Å². The van der Waals surface area contributed by atoms with Crippen LogP contribution in [0.25, 0.3) is 10.9 Å². The Morgan fingerprint density at radius 2 is 1.91 bits per heavy atom. The quantitative estimate of drug-likeness (QED) is 0.357. The number of carbonyl (C=O) groups excluding carboxylic acids is 2. The number of thioether (sulfide) groups is 1. The summed E-state index contributed by atoms with van der Waals surface area (Å²) in [7, 11) is 0. The Labute approximate surface area is 205 Å². The second kappa shape index (κ2) is 10.2. The number of rotatable bonds is 9. The third-order valence-electron chi connectivity index (χ3n) is 6.38. The van der Waals surface area contributed by atoms with E-state index in [0.717, 1.165) is 27.8 Å². The van der Waals surface area contributed by atoms with Crippen molar-refractivity contribution in [2.24, 2.45) is 0 Å². The zero-order valence-electron chi connectivity index (χ0n) is 20.3. The highest BCUT2D eigenvalue weighted by molar-refractivity contribution is 7.98. The predicted octanol–water partition coefficient (Wildman–Crippen LogP) is 4.71. The predicted molar refractivity (Wildman–Crippen MR) is 137 cm³/mol. The van der Waals surface area contributed by atoms with Crippen molar-refractivity contribution in [2.75, 3.05) is 19.4 Å². The number of carbonyl (C=O) groups is 2. The molecule has 4 rings (SSSR count). The number of aromatic nitrogens is 1. The molecule has 0 bridgehead atoms. The van der Waals surface area contributed by atoms with Crippen LogP contribution in [0.4, 0.5) is 0 Å². The lowest BCUT2D eigenvalue weighted by Gasteiger charge is -2.44. The normalized spacial score (nSPS) is 17.9. The smallest absolute Gasteiger partial charge is 0.271 e. The molecule has 34 heavy (non-hydrogen) atoms. The van der Waals surface area contributed by atoms with E-state index >= 15 is 0 Å². The molecular formula is C27H33N3O3S. The summed E-state index contributed by atoms with van der Waals surface area (Å²) >= 11 is 1.68. The Balaban J connectivity index is 1.63. The average Bonchev–Trinajstić information content (AvgIpc) is 3.20. The number of hydrogen-bond donors (Lipinski definition) is 1. The number of benzene rings is 2. The van der Waals surface area contributed by atoms with E-state index in [1.54, 1.807) is 16.7 Å². The number of amides is 2. The lowest BCUT2D eigenvalue weighted by molar-refractivity contribution is -0.133. The highest BCUT2D eigenvalue weighted by Gasteiger charge is 2.47. The van der Waals surface area contributed by atoms with Gasteiger partial charge in [0.25, 0.3) is 5.91 Å². The van der Waals surface area contributed by atoms with E-state index in [2.05, 4.69) is 17.4 Å². The van der Waals surface area contributed by atoms with Crippen LogP contribution in [-0.2, 0) is 22.6 Å². The van der Waals surface area contributed by atoms with Crippen LogP contribution in [0.15, 0.2) is 59.5 Å². The van der Waals surface area contributed by atoms with Gasteiger partial charge in [0.15, 0.2) is 0 Å². The maximum absolute atomic E-state index is 13.8. The van der Waals surface area contributed by atoms with Crippen LogP contribution in [0.5, 0.6) is 0 Å². The molecule has 0 saturated heterocycles. The Hall–Kier alpha value is -2.77. The molecule has 1 aromatic heterocycles. The van der Waals surface area contributed by atoms with Gasteiger partial charge in [-0.15, -0.1) is 11.8 Å². The minimum Gasteiger partial charge on any atom is -0.379 e. The van der Waals surface area contributed by atoms with Gasteiger partial charge in [-0.25, -0.2) is 0 Å². The molecule has 0 aliphatic carbocycles. The van der Waals surface area contributed by atoms with Crippen molar-refractivity contribution in [1.82, 2.24) is 14.8 Å². The Kier molecular flexibility index (Phi) is 7.33. The third kappa shape index (κ3) is 4.86. The molecule has 0 saturated carbocycles. The fourth-order valence-corrected chi connectivity index (χ4v) is 4.86. The summed E-state index contributed by atoms with van der Waals surface area (Å²) in [5.41, 5.74) is 1.57. The summed E-state index contributed by atoms with van der Waals surface area (Å²) in [5.74, 6) is -0.272. The molecule has 0 radical (unpaired) electrons. The summed E-state index contributed by atoms with van der Waals surface area (Å²) < 4.78 is 7.59. The molecule has 1 N–H and O–H groups in total. The van der Waals surface area contributed by atoms with Crippen molar-refractivity contribution < 1.29 is 14.3 Å². The molecule has 7 heteroatoms. The average molecular weight is 480 g/mol. The molecule has 0 fully saturated rings. The lowest BCUT2D eigenvalue weighted by Crippen LogP contribution is -2.63. The number of hydrogen-bond acceptors (Lipinski definition) is 4. The summed E-state index contributed by atoms with van der Waals surface area (Å²) in [6.07, 6.45) is 2.93. The fourth-order valence-electron chi connectivity index (χ4n) is 4.45. The van der Waals surface area contributed by atoms with E-state index in [0.29, 0.717) is 31.9 Å². The first-order chi connectivity index (χ1) is 16.3. The molecule has 2 heterocycles. The van der Waals surface area contributed by atoms with Gasteiger partial charge in [0.2, 0.25) is 5.91 Å². The minimum absolute atomic E-state index is 0.128. The van der Waals surface area contributed by atoms with Gasteiger partial charge in [-0.2, -0.15) is 0 Å². The first-order valence-corrected chi connectivity index (χ1v) is 13.0. The molecular weight excluding hydrogens is 446 g/mol. The number of ether oxygens (including phenoxy) is 1. The van der Waals surface area contributed by atoms with Crippen LogP contribution in [0.1, 0.15) is 43.2 Å². The topological polar surface area (TPSA) is 63.6 Å². The Morgan fingerprint density at radius 1 is 1.18 bits per heavy atom. The van der Waals surface area contributed by atoms with E-state index in [1.807, 2.05) is 74.1 Å². The second-order valence-corrected chi connectivity index (χ2v) is 10.1. The Morgan fingerprint density at radius 3 is 2.62 bits per heavy atom. The molecule has 3 aromatic rings. The molecule has 180 valence electrons. The zero-order valence-corrected chi connectivity index (χ0v) is 21.2. The fraction of sp³-hybridized carbons (Fsp3) is 0.407. The molecule has 1 unspecified atom stereocenters. The van der Waals surface area contributed by atoms with Gasteiger partial charge in [0, 0.05) is 35.5 Å². The second-order valence-electron chi connectivity index (χ2n) is 9.22.